The van der Waals surface area contributed by atoms with Gasteiger partial charge in [-0.1, -0.05) is 30.3 Å². The predicted molar refractivity (Wildman–Crippen MR) is 75.9 cm³/mol. The topological polar surface area (TPSA) is 43.3 Å². The first kappa shape index (κ1) is 11.4. The summed E-state index contributed by atoms with van der Waals surface area (Å²) >= 11 is 1.73. The maximum Gasteiger partial charge on any atom is 0.120 e. The first-order chi connectivity index (χ1) is 8.90. The molecule has 3 aromatic rings. The quantitative estimate of drug-likeness (QED) is 0.781. The molecule has 2 heterocycles. The highest BCUT2D eigenvalue weighted by atomic mass is 32.1. The van der Waals surface area contributed by atoms with Crippen molar-refractivity contribution in [3.8, 4) is 11.3 Å². The van der Waals surface area contributed by atoms with Crippen LogP contribution in [0.4, 0.5) is 0 Å². The van der Waals surface area contributed by atoms with Crippen molar-refractivity contribution in [3.05, 3.63) is 47.7 Å². The minimum atomic E-state index is 0.708. The number of nitrogens with two attached hydrogens (primary N) is 1. The van der Waals surface area contributed by atoms with E-state index in [0.717, 1.165) is 18.7 Å². The number of aromatic nitrogens is 2. The molecule has 0 aliphatic rings. The third kappa shape index (κ3) is 1.94. The number of rotatable bonds is 4. The Morgan fingerprint density at radius 3 is 2.83 bits per heavy atom. The number of hydrogen-bond donors (Lipinski definition) is 1. The molecule has 0 aliphatic carbocycles. The molecule has 3 nitrogen and oxygen atoms in total. The summed E-state index contributed by atoms with van der Waals surface area (Å²) in [7, 11) is 0. The fourth-order valence-corrected chi connectivity index (χ4v) is 3.02. The average molecular weight is 257 g/mol. The summed E-state index contributed by atoms with van der Waals surface area (Å²) < 4.78 is 2.25. The largest absolute Gasteiger partial charge is 0.330 e. The lowest BCUT2D eigenvalue weighted by atomic mass is 10.2. The highest BCUT2D eigenvalue weighted by molar-refractivity contribution is 7.15. The Kier molecular flexibility index (Phi) is 3.13. The normalized spacial score (nSPS) is 11.2. The van der Waals surface area contributed by atoms with Crippen LogP contribution in [0.5, 0.6) is 0 Å². The monoisotopic (exact) mass is 257 g/mol. The first-order valence-electron chi connectivity index (χ1n) is 6.09. The van der Waals surface area contributed by atoms with Crippen molar-refractivity contribution in [3.63, 3.8) is 0 Å². The Hall–Kier alpha value is -1.65. The van der Waals surface area contributed by atoms with Crippen molar-refractivity contribution in [2.45, 2.75) is 12.8 Å². The average Bonchev–Trinajstić information content (AvgIpc) is 2.99. The van der Waals surface area contributed by atoms with E-state index in [-0.39, 0.29) is 0 Å². The van der Waals surface area contributed by atoms with E-state index < -0.39 is 0 Å². The van der Waals surface area contributed by atoms with Crippen LogP contribution in [0.25, 0.3) is 16.1 Å². The van der Waals surface area contributed by atoms with Gasteiger partial charge in [0.05, 0.1) is 11.9 Å². The molecule has 92 valence electrons. The van der Waals surface area contributed by atoms with Gasteiger partial charge in [-0.25, -0.2) is 4.98 Å². The van der Waals surface area contributed by atoms with E-state index >= 15 is 0 Å². The molecule has 0 fully saturated rings. The summed E-state index contributed by atoms with van der Waals surface area (Å²) in [5.74, 6) is 1.11. The Bertz CT molecular complexity index is 639. The summed E-state index contributed by atoms with van der Waals surface area (Å²) in [6.07, 6.45) is 3.85. The van der Waals surface area contributed by atoms with Crippen molar-refractivity contribution in [2.75, 3.05) is 6.54 Å². The number of fused-ring (bicyclic) bond motifs is 1. The van der Waals surface area contributed by atoms with Crippen LogP contribution in [-0.2, 0) is 6.42 Å². The van der Waals surface area contributed by atoms with E-state index in [1.54, 1.807) is 11.3 Å². The van der Waals surface area contributed by atoms with E-state index in [0.29, 0.717) is 6.54 Å². The van der Waals surface area contributed by atoms with Crippen molar-refractivity contribution in [1.82, 2.24) is 9.38 Å². The van der Waals surface area contributed by atoms with Crippen LogP contribution in [0.1, 0.15) is 12.2 Å². The standard InChI is InChI=1S/C14H15N3S/c15-8-4-7-13-16-9-14-17(13)12(10-18-14)11-5-2-1-3-6-11/h1-3,5-6,9-10H,4,7-8,15H2. The van der Waals surface area contributed by atoms with E-state index in [1.165, 1.54) is 16.1 Å². The Morgan fingerprint density at radius 1 is 1.22 bits per heavy atom. The molecule has 2 N–H and O–H groups in total. The minimum absolute atomic E-state index is 0.708. The first-order valence-corrected chi connectivity index (χ1v) is 6.97. The zero-order chi connectivity index (χ0) is 12.4. The van der Waals surface area contributed by atoms with Gasteiger partial charge in [0, 0.05) is 11.8 Å². The van der Waals surface area contributed by atoms with E-state index in [1.807, 2.05) is 12.3 Å². The molecule has 18 heavy (non-hydrogen) atoms. The SMILES string of the molecule is NCCCc1ncc2scc(-c3ccccc3)n12. The number of aryl methyl sites for hydroxylation is 1. The molecule has 0 saturated carbocycles. The van der Waals surface area contributed by atoms with Gasteiger partial charge in [0.25, 0.3) is 0 Å². The van der Waals surface area contributed by atoms with Crippen LogP contribution in [0, 0.1) is 0 Å². The van der Waals surface area contributed by atoms with Crippen molar-refractivity contribution < 1.29 is 0 Å². The van der Waals surface area contributed by atoms with Gasteiger partial charge in [0.15, 0.2) is 0 Å². The van der Waals surface area contributed by atoms with Crippen LogP contribution in [0.15, 0.2) is 41.9 Å². The van der Waals surface area contributed by atoms with Crippen molar-refractivity contribution in [1.29, 1.82) is 0 Å². The second kappa shape index (κ2) is 4.92. The van der Waals surface area contributed by atoms with Crippen molar-refractivity contribution >= 4 is 16.2 Å². The number of nitrogens with zero attached hydrogens (tertiary/aromatic N) is 2. The maximum atomic E-state index is 5.58. The van der Waals surface area contributed by atoms with E-state index in [2.05, 4.69) is 39.0 Å². The van der Waals surface area contributed by atoms with Gasteiger partial charge in [-0.05, 0) is 18.5 Å². The molecule has 0 radical (unpaired) electrons. The molecule has 1 aromatic carbocycles. The molecule has 0 atom stereocenters. The minimum Gasteiger partial charge on any atom is -0.330 e. The van der Waals surface area contributed by atoms with Gasteiger partial charge >= 0.3 is 0 Å². The van der Waals surface area contributed by atoms with Gasteiger partial charge in [-0.2, -0.15) is 0 Å². The summed E-state index contributed by atoms with van der Waals surface area (Å²) in [5.41, 5.74) is 8.03. The number of thiazole rings is 1. The third-order valence-electron chi connectivity index (χ3n) is 3.01. The van der Waals surface area contributed by atoms with Crippen LogP contribution in [0.2, 0.25) is 0 Å². The van der Waals surface area contributed by atoms with Crippen molar-refractivity contribution in [2.24, 2.45) is 5.73 Å². The number of hydrogen-bond acceptors (Lipinski definition) is 3. The third-order valence-corrected chi connectivity index (χ3v) is 3.88. The zero-order valence-electron chi connectivity index (χ0n) is 10.0. The van der Waals surface area contributed by atoms with Gasteiger partial charge in [0.1, 0.15) is 10.7 Å². The van der Waals surface area contributed by atoms with Crippen LogP contribution < -0.4 is 5.73 Å². The summed E-state index contributed by atoms with van der Waals surface area (Å²) in [5, 5.41) is 2.19. The Morgan fingerprint density at radius 2 is 2.06 bits per heavy atom. The zero-order valence-corrected chi connectivity index (χ0v) is 10.9. The smallest absolute Gasteiger partial charge is 0.120 e. The second-order valence-corrected chi connectivity index (χ2v) is 5.12. The molecule has 0 spiro atoms. The summed E-state index contributed by atoms with van der Waals surface area (Å²) in [6, 6.07) is 10.4. The predicted octanol–water partition coefficient (Wildman–Crippen LogP) is 2.95. The highest BCUT2D eigenvalue weighted by Gasteiger charge is 2.10. The van der Waals surface area contributed by atoms with Crippen LogP contribution in [-0.4, -0.2) is 15.9 Å². The lowest BCUT2D eigenvalue weighted by Gasteiger charge is -2.03. The fourth-order valence-electron chi connectivity index (χ4n) is 2.12. The molecule has 3 rings (SSSR count). The molecule has 2 aromatic heterocycles. The Balaban J connectivity index is 2.09. The fraction of sp³-hybridized carbons (Fsp3) is 0.214. The van der Waals surface area contributed by atoms with Crippen LogP contribution in [0.3, 0.4) is 0 Å². The number of benzene rings is 1. The van der Waals surface area contributed by atoms with Gasteiger partial charge in [-0.3, -0.25) is 4.40 Å². The van der Waals surface area contributed by atoms with Gasteiger partial charge in [0.2, 0.25) is 0 Å². The molecule has 0 bridgehead atoms. The van der Waals surface area contributed by atoms with Gasteiger partial charge in [-0.15, -0.1) is 11.3 Å². The second-order valence-electron chi connectivity index (χ2n) is 4.23. The molecular formula is C14H15N3S. The summed E-state index contributed by atoms with van der Waals surface area (Å²) in [6.45, 7) is 0.708. The molecule has 0 saturated heterocycles. The lowest BCUT2D eigenvalue weighted by Crippen LogP contribution is -2.03. The molecule has 0 unspecified atom stereocenters. The van der Waals surface area contributed by atoms with Crippen LogP contribution >= 0.6 is 11.3 Å². The number of imidazole rings is 1. The Labute approximate surface area is 110 Å². The molecule has 0 aliphatic heterocycles. The molecule has 0 amide bonds. The van der Waals surface area contributed by atoms with Gasteiger partial charge < -0.3 is 5.73 Å². The van der Waals surface area contributed by atoms with E-state index in [4.69, 9.17) is 5.73 Å². The van der Waals surface area contributed by atoms with E-state index in [9.17, 15) is 0 Å². The maximum absolute atomic E-state index is 5.58. The highest BCUT2D eigenvalue weighted by Crippen LogP contribution is 2.27. The lowest BCUT2D eigenvalue weighted by molar-refractivity contribution is 0.781. The summed E-state index contributed by atoms with van der Waals surface area (Å²) in [4.78, 5) is 5.69. The molecule has 4 heteroatoms. The molecular weight excluding hydrogens is 242 g/mol.